The molecule has 0 aliphatic heterocycles. The van der Waals surface area contributed by atoms with E-state index in [9.17, 15) is 4.79 Å². The summed E-state index contributed by atoms with van der Waals surface area (Å²) in [5, 5.41) is 3.02. The van der Waals surface area contributed by atoms with Crippen molar-refractivity contribution < 1.29 is 9.53 Å². The highest BCUT2D eigenvalue weighted by atomic mass is 16.5. The van der Waals surface area contributed by atoms with Gasteiger partial charge in [-0.25, -0.2) is 0 Å². The van der Waals surface area contributed by atoms with Crippen LogP contribution in [0.25, 0.3) is 0 Å². The van der Waals surface area contributed by atoms with Gasteiger partial charge < -0.3 is 10.1 Å². The molecule has 0 bridgehead atoms. The van der Waals surface area contributed by atoms with Crippen molar-refractivity contribution in [2.75, 3.05) is 0 Å². The van der Waals surface area contributed by atoms with Gasteiger partial charge in [0.1, 0.15) is 5.75 Å². The Bertz CT molecular complexity index is 468. The molecule has 0 saturated heterocycles. The van der Waals surface area contributed by atoms with Crippen molar-refractivity contribution in [3.8, 4) is 5.75 Å². The lowest BCUT2D eigenvalue weighted by Crippen LogP contribution is -2.27. The van der Waals surface area contributed by atoms with E-state index in [1.54, 1.807) is 0 Å². The van der Waals surface area contributed by atoms with Crippen molar-refractivity contribution in [2.24, 2.45) is 11.8 Å². The number of carbonyl (C=O) groups is 1. The lowest BCUT2D eigenvalue weighted by Gasteiger charge is -2.27. The van der Waals surface area contributed by atoms with Gasteiger partial charge in [0.25, 0.3) is 0 Å². The Kier molecular flexibility index (Phi) is 3.45. The molecule has 3 heteroatoms. The summed E-state index contributed by atoms with van der Waals surface area (Å²) in [7, 11) is 0. The molecule has 1 aromatic rings. The number of rotatable bonds is 5. The van der Waals surface area contributed by atoms with E-state index in [1.807, 2.05) is 24.3 Å². The van der Waals surface area contributed by atoms with E-state index in [1.165, 1.54) is 6.42 Å². The van der Waals surface area contributed by atoms with E-state index in [0.29, 0.717) is 18.6 Å². The minimum atomic E-state index is 0.186. The number of nitrogens with one attached hydrogen (secondary N) is 1. The zero-order valence-corrected chi connectivity index (χ0v) is 11.4. The smallest absolute Gasteiger partial charge is 0.223 e. The second-order valence-corrected chi connectivity index (χ2v) is 5.82. The molecule has 0 radical (unpaired) electrons. The molecule has 2 aliphatic carbocycles. The van der Waals surface area contributed by atoms with Gasteiger partial charge in [-0.15, -0.1) is 0 Å². The van der Waals surface area contributed by atoms with Gasteiger partial charge in [0, 0.05) is 18.0 Å². The Morgan fingerprint density at radius 1 is 1.37 bits per heavy atom. The molecular formula is C16H21NO2. The predicted molar refractivity (Wildman–Crippen MR) is 73.8 cm³/mol. The summed E-state index contributed by atoms with van der Waals surface area (Å²) in [5.74, 6) is 1.91. The zero-order chi connectivity index (χ0) is 13.2. The lowest BCUT2D eigenvalue weighted by molar-refractivity contribution is -0.122. The maximum Gasteiger partial charge on any atom is 0.223 e. The largest absolute Gasteiger partial charge is 0.490 e. The van der Waals surface area contributed by atoms with Crippen LogP contribution in [0.4, 0.5) is 0 Å². The van der Waals surface area contributed by atoms with Crippen molar-refractivity contribution in [1.82, 2.24) is 5.32 Å². The Morgan fingerprint density at radius 3 is 2.74 bits per heavy atom. The van der Waals surface area contributed by atoms with Crippen LogP contribution in [0.3, 0.4) is 0 Å². The summed E-state index contributed by atoms with van der Waals surface area (Å²) >= 11 is 0. The van der Waals surface area contributed by atoms with Gasteiger partial charge in [0.05, 0.1) is 6.10 Å². The van der Waals surface area contributed by atoms with Crippen molar-refractivity contribution >= 4 is 5.91 Å². The van der Waals surface area contributed by atoms with Gasteiger partial charge in [-0.3, -0.25) is 4.79 Å². The number of benzene rings is 1. The molecule has 102 valence electrons. The predicted octanol–water partition coefficient (Wildman–Crippen LogP) is 2.89. The average Bonchev–Trinajstić information content (AvgIpc) is 3.09. The van der Waals surface area contributed by atoms with E-state index >= 15 is 0 Å². The number of hydrogen-bond donors (Lipinski definition) is 1. The molecule has 3 rings (SSSR count). The maximum atomic E-state index is 11.8. The molecule has 2 aliphatic rings. The topological polar surface area (TPSA) is 38.3 Å². The first kappa shape index (κ1) is 12.5. The van der Waals surface area contributed by atoms with E-state index < -0.39 is 0 Å². The Labute approximate surface area is 114 Å². The van der Waals surface area contributed by atoms with E-state index in [2.05, 4.69) is 12.2 Å². The third kappa shape index (κ3) is 2.91. The highest BCUT2D eigenvalue weighted by molar-refractivity contribution is 5.81. The number of ether oxygens (including phenoxy) is 1. The molecule has 1 N–H and O–H groups in total. The monoisotopic (exact) mass is 259 g/mol. The molecular weight excluding hydrogens is 238 g/mol. The quantitative estimate of drug-likeness (QED) is 0.883. The summed E-state index contributed by atoms with van der Waals surface area (Å²) in [6.45, 7) is 2.70. The fraction of sp³-hybridized carbons (Fsp3) is 0.562. The lowest BCUT2D eigenvalue weighted by atomic mass is 9.96. The molecule has 3 nitrogen and oxygen atoms in total. The molecule has 0 unspecified atom stereocenters. The SMILES string of the molecule is C[C@H]1C[C@@H]1C(=O)NCc1ccccc1OC1CCC1. The summed E-state index contributed by atoms with van der Waals surface area (Å²) in [6, 6.07) is 8.02. The van der Waals surface area contributed by atoms with Crippen molar-refractivity contribution in [2.45, 2.75) is 45.3 Å². The van der Waals surface area contributed by atoms with Crippen LogP contribution in [0.15, 0.2) is 24.3 Å². The summed E-state index contributed by atoms with van der Waals surface area (Å²) in [6.07, 6.45) is 4.98. The van der Waals surface area contributed by atoms with Gasteiger partial charge in [-0.1, -0.05) is 25.1 Å². The van der Waals surface area contributed by atoms with Crippen molar-refractivity contribution in [1.29, 1.82) is 0 Å². The van der Waals surface area contributed by atoms with E-state index in [4.69, 9.17) is 4.74 Å². The van der Waals surface area contributed by atoms with Crippen LogP contribution in [0.2, 0.25) is 0 Å². The fourth-order valence-corrected chi connectivity index (χ4v) is 2.43. The Morgan fingerprint density at radius 2 is 2.11 bits per heavy atom. The molecule has 1 amide bonds. The van der Waals surface area contributed by atoms with Crippen LogP contribution in [0.1, 0.15) is 38.2 Å². The van der Waals surface area contributed by atoms with Gasteiger partial charge in [0.2, 0.25) is 5.91 Å². The number of carbonyl (C=O) groups excluding carboxylic acids is 1. The first-order chi connectivity index (χ1) is 9.24. The Balaban J connectivity index is 1.58. The molecule has 2 fully saturated rings. The van der Waals surface area contributed by atoms with E-state index in [-0.39, 0.29) is 11.8 Å². The third-order valence-electron chi connectivity index (χ3n) is 4.22. The highest BCUT2D eigenvalue weighted by Gasteiger charge is 2.38. The average molecular weight is 259 g/mol. The van der Waals surface area contributed by atoms with Crippen LogP contribution >= 0.6 is 0 Å². The zero-order valence-electron chi connectivity index (χ0n) is 11.4. The van der Waals surface area contributed by atoms with Crippen molar-refractivity contribution in [3.05, 3.63) is 29.8 Å². The summed E-state index contributed by atoms with van der Waals surface area (Å²) in [4.78, 5) is 11.8. The number of hydrogen-bond acceptors (Lipinski definition) is 2. The van der Waals surface area contributed by atoms with Crippen molar-refractivity contribution in [3.63, 3.8) is 0 Å². The highest BCUT2D eigenvalue weighted by Crippen LogP contribution is 2.37. The van der Waals surface area contributed by atoms with Gasteiger partial charge in [0.15, 0.2) is 0 Å². The fourth-order valence-electron chi connectivity index (χ4n) is 2.43. The third-order valence-corrected chi connectivity index (χ3v) is 4.22. The molecule has 19 heavy (non-hydrogen) atoms. The minimum Gasteiger partial charge on any atom is -0.490 e. The van der Waals surface area contributed by atoms with Gasteiger partial charge in [-0.2, -0.15) is 0 Å². The van der Waals surface area contributed by atoms with Gasteiger partial charge >= 0.3 is 0 Å². The minimum absolute atomic E-state index is 0.186. The summed E-state index contributed by atoms with van der Waals surface area (Å²) in [5.41, 5.74) is 1.08. The molecule has 0 heterocycles. The molecule has 0 spiro atoms. The first-order valence-electron chi connectivity index (χ1n) is 7.26. The standard InChI is InChI=1S/C16H21NO2/c1-11-9-14(11)16(18)17-10-12-5-2-3-8-15(12)19-13-6-4-7-13/h2-3,5,8,11,13-14H,4,6-7,9-10H2,1H3,(H,17,18)/t11-,14-/m0/s1. The molecule has 1 aromatic carbocycles. The molecule has 2 atom stereocenters. The molecule has 0 aromatic heterocycles. The van der Waals surface area contributed by atoms with Gasteiger partial charge in [-0.05, 0) is 37.7 Å². The number of amides is 1. The van der Waals surface area contributed by atoms with E-state index in [0.717, 1.165) is 30.6 Å². The van der Waals surface area contributed by atoms with Crippen LogP contribution in [0, 0.1) is 11.8 Å². The van der Waals surface area contributed by atoms with Crippen LogP contribution in [-0.4, -0.2) is 12.0 Å². The maximum absolute atomic E-state index is 11.8. The second-order valence-electron chi connectivity index (χ2n) is 5.82. The first-order valence-corrected chi connectivity index (χ1v) is 7.26. The normalized spacial score (nSPS) is 25.5. The van der Waals surface area contributed by atoms with Crippen LogP contribution in [-0.2, 0) is 11.3 Å². The van der Waals surface area contributed by atoms with Crippen LogP contribution < -0.4 is 10.1 Å². The second kappa shape index (κ2) is 5.24. The van der Waals surface area contributed by atoms with Crippen LogP contribution in [0.5, 0.6) is 5.75 Å². The summed E-state index contributed by atoms with van der Waals surface area (Å²) < 4.78 is 5.96. The molecule has 2 saturated carbocycles. The Hall–Kier alpha value is -1.51. The number of para-hydroxylation sites is 1.